The van der Waals surface area contributed by atoms with Crippen LogP contribution in [-0.4, -0.2) is 36.5 Å². The largest absolute Gasteiger partial charge is 0.374 e. The Kier molecular flexibility index (Phi) is 7.33. The van der Waals surface area contributed by atoms with Crippen LogP contribution in [0.1, 0.15) is 26.2 Å². The van der Waals surface area contributed by atoms with Gasteiger partial charge in [0.2, 0.25) is 0 Å². The Morgan fingerprint density at radius 1 is 0.944 bits per heavy atom. The highest BCUT2D eigenvalue weighted by Crippen LogP contribution is 2.41. The van der Waals surface area contributed by atoms with E-state index in [4.69, 9.17) is 0 Å². The van der Waals surface area contributed by atoms with Crippen LogP contribution in [0.25, 0.3) is 0 Å². The van der Waals surface area contributed by atoms with Gasteiger partial charge < -0.3 is 21.3 Å². The fourth-order valence-corrected chi connectivity index (χ4v) is 4.38. The highest BCUT2D eigenvalue weighted by molar-refractivity contribution is 6.21. The first-order valence-electron chi connectivity index (χ1n) is 11.7. The van der Waals surface area contributed by atoms with E-state index in [-0.39, 0.29) is 18.0 Å². The lowest BCUT2D eigenvalue weighted by Gasteiger charge is -2.41. The summed E-state index contributed by atoms with van der Waals surface area (Å²) < 4.78 is 27.1. The number of amides is 4. The number of imide groups is 1. The van der Waals surface area contributed by atoms with Gasteiger partial charge in [-0.1, -0.05) is 0 Å². The zero-order valence-electron chi connectivity index (χ0n) is 19.7. The summed E-state index contributed by atoms with van der Waals surface area (Å²) in [6, 6.07) is 11.3. The molecule has 0 fully saturated rings. The Hall–Kier alpha value is -4.21. The van der Waals surface area contributed by atoms with Crippen molar-refractivity contribution in [2.45, 2.75) is 31.7 Å². The molecule has 2 aromatic carbocycles. The van der Waals surface area contributed by atoms with Crippen LogP contribution in [0.2, 0.25) is 0 Å². The Morgan fingerprint density at radius 3 is 2.22 bits per heavy atom. The molecule has 1 heterocycles. The lowest BCUT2D eigenvalue weighted by atomic mass is 9.77. The predicted molar refractivity (Wildman–Crippen MR) is 132 cm³/mol. The lowest BCUT2D eigenvalue weighted by Crippen LogP contribution is -2.46. The second-order valence-electron chi connectivity index (χ2n) is 8.65. The van der Waals surface area contributed by atoms with Crippen LogP contribution in [0, 0.1) is 11.6 Å². The summed E-state index contributed by atoms with van der Waals surface area (Å²) in [5.41, 5.74) is 1.46. The van der Waals surface area contributed by atoms with Gasteiger partial charge in [-0.25, -0.2) is 13.6 Å². The van der Waals surface area contributed by atoms with Crippen molar-refractivity contribution in [3.8, 4) is 0 Å². The third-order valence-corrected chi connectivity index (χ3v) is 6.11. The Labute approximate surface area is 207 Å². The first-order chi connectivity index (χ1) is 17.3. The minimum atomic E-state index is -0.921. The zero-order valence-corrected chi connectivity index (χ0v) is 19.7. The smallest absolute Gasteiger partial charge is 0.314 e. The van der Waals surface area contributed by atoms with Crippen molar-refractivity contribution in [3.05, 3.63) is 83.1 Å². The highest BCUT2D eigenvalue weighted by Gasteiger charge is 2.44. The molecule has 8 nitrogen and oxygen atoms in total. The fourth-order valence-electron chi connectivity index (χ4n) is 4.38. The maximum atomic E-state index is 13.6. The van der Waals surface area contributed by atoms with Gasteiger partial charge in [-0.15, -0.1) is 0 Å². The molecule has 2 aliphatic rings. The normalized spacial score (nSPS) is 18.8. The molecule has 1 atom stereocenters. The SMILES string of the molecule is CCNC(=O)NCCCC1(Nc2ccc(F)cc2)CC2=C(C=C1Nc1ccc(F)cc1)C(=O)NC2=O. The van der Waals surface area contributed by atoms with Gasteiger partial charge in [-0.05, 0) is 74.4 Å². The molecule has 4 amide bonds. The molecule has 1 unspecified atom stereocenters. The number of urea groups is 1. The second-order valence-corrected chi connectivity index (χ2v) is 8.65. The van der Waals surface area contributed by atoms with Crippen molar-refractivity contribution >= 4 is 29.2 Å². The first kappa shape index (κ1) is 24.9. The number of hydrogen-bond acceptors (Lipinski definition) is 5. The van der Waals surface area contributed by atoms with E-state index in [1.165, 1.54) is 24.3 Å². The molecule has 2 aromatic rings. The topological polar surface area (TPSA) is 111 Å². The molecular formula is C26H27F2N5O3. The van der Waals surface area contributed by atoms with Gasteiger partial charge >= 0.3 is 6.03 Å². The number of nitrogens with one attached hydrogen (secondary N) is 5. The van der Waals surface area contributed by atoms with E-state index in [9.17, 15) is 23.2 Å². The first-order valence-corrected chi connectivity index (χ1v) is 11.7. The van der Waals surface area contributed by atoms with Crippen LogP contribution in [0.3, 0.4) is 0 Å². The van der Waals surface area contributed by atoms with E-state index < -0.39 is 29.0 Å². The molecule has 0 radical (unpaired) electrons. The third-order valence-electron chi connectivity index (χ3n) is 6.11. The summed E-state index contributed by atoms with van der Waals surface area (Å²) in [6.07, 6.45) is 2.75. The molecule has 0 aromatic heterocycles. The number of rotatable bonds is 9. The highest BCUT2D eigenvalue weighted by atomic mass is 19.1. The van der Waals surface area contributed by atoms with Gasteiger partial charge in [-0.3, -0.25) is 14.9 Å². The van der Waals surface area contributed by atoms with E-state index >= 15 is 0 Å². The fraction of sp³-hybridized carbons (Fsp3) is 0.269. The van der Waals surface area contributed by atoms with Gasteiger partial charge in [0.1, 0.15) is 11.6 Å². The molecular weight excluding hydrogens is 468 g/mol. The summed E-state index contributed by atoms with van der Waals surface area (Å²) >= 11 is 0. The number of carbonyl (C=O) groups excluding carboxylic acids is 3. The van der Waals surface area contributed by atoms with Crippen LogP contribution in [0.4, 0.5) is 25.0 Å². The number of carbonyl (C=O) groups is 3. The van der Waals surface area contributed by atoms with Crippen molar-refractivity contribution in [1.29, 1.82) is 0 Å². The zero-order chi connectivity index (χ0) is 25.7. The van der Waals surface area contributed by atoms with E-state index in [0.717, 1.165) is 0 Å². The Balaban J connectivity index is 1.69. The average Bonchev–Trinajstić information content (AvgIpc) is 3.12. The standard InChI is InChI=1S/C26H27F2N5O3/c1-2-29-25(36)30-13-3-12-26(33-19-10-6-17(28)7-11-19)15-21-20(23(34)32-24(21)35)14-22(26)31-18-8-4-16(27)5-9-18/h4-11,14,31,33H,2-3,12-13,15H2,1H3,(H2,29,30,36)(H,32,34,35). The van der Waals surface area contributed by atoms with Crippen molar-refractivity contribution in [2.75, 3.05) is 23.7 Å². The number of benzene rings is 2. The van der Waals surface area contributed by atoms with Crippen molar-refractivity contribution in [1.82, 2.24) is 16.0 Å². The predicted octanol–water partition coefficient (Wildman–Crippen LogP) is 3.57. The molecule has 0 saturated carbocycles. The Bertz CT molecular complexity index is 1230. The quantitative estimate of drug-likeness (QED) is 0.270. The van der Waals surface area contributed by atoms with Crippen LogP contribution < -0.4 is 26.6 Å². The number of hydrogen-bond donors (Lipinski definition) is 5. The number of anilines is 2. The minimum absolute atomic E-state index is 0.165. The Morgan fingerprint density at radius 2 is 1.58 bits per heavy atom. The summed E-state index contributed by atoms with van der Waals surface area (Å²) in [5, 5.41) is 14.5. The van der Waals surface area contributed by atoms with Gasteiger partial charge in [0.05, 0.1) is 11.1 Å². The van der Waals surface area contributed by atoms with E-state index in [2.05, 4.69) is 26.6 Å². The molecule has 0 saturated heterocycles. The summed E-state index contributed by atoms with van der Waals surface area (Å²) in [5.74, 6) is -1.73. The van der Waals surface area contributed by atoms with Crippen molar-refractivity contribution < 1.29 is 23.2 Å². The third kappa shape index (κ3) is 5.54. The summed E-state index contributed by atoms with van der Waals surface area (Å²) in [6.45, 7) is 2.68. The maximum Gasteiger partial charge on any atom is 0.314 e. The average molecular weight is 496 g/mol. The molecule has 1 aliphatic heterocycles. The molecule has 0 spiro atoms. The van der Waals surface area contributed by atoms with Crippen LogP contribution in [-0.2, 0) is 9.59 Å². The van der Waals surface area contributed by atoms with Crippen LogP contribution in [0.5, 0.6) is 0 Å². The maximum absolute atomic E-state index is 13.6. The second kappa shape index (κ2) is 10.6. The van der Waals surface area contributed by atoms with Crippen molar-refractivity contribution in [3.63, 3.8) is 0 Å². The van der Waals surface area contributed by atoms with Gasteiger partial charge in [-0.2, -0.15) is 0 Å². The van der Waals surface area contributed by atoms with Crippen LogP contribution in [0.15, 0.2) is 71.5 Å². The molecule has 10 heteroatoms. The van der Waals surface area contributed by atoms with E-state index in [0.29, 0.717) is 48.6 Å². The monoisotopic (exact) mass is 495 g/mol. The molecule has 5 N–H and O–H groups in total. The molecule has 188 valence electrons. The van der Waals surface area contributed by atoms with E-state index in [1.807, 2.05) is 6.92 Å². The van der Waals surface area contributed by atoms with Gasteiger partial charge in [0.15, 0.2) is 0 Å². The lowest BCUT2D eigenvalue weighted by molar-refractivity contribution is -0.124. The molecule has 4 rings (SSSR count). The minimum Gasteiger partial charge on any atom is -0.374 e. The molecule has 36 heavy (non-hydrogen) atoms. The van der Waals surface area contributed by atoms with Gasteiger partial charge in [0, 0.05) is 42.2 Å². The van der Waals surface area contributed by atoms with E-state index in [1.54, 1.807) is 30.3 Å². The van der Waals surface area contributed by atoms with Crippen LogP contribution >= 0.6 is 0 Å². The van der Waals surface area contributed by atoms with Gasteiger partial charge in [0.25, 0.3) is 11.8 Å². The summed E-state index contributed by atoms with van der Waals surface area (Å²) in [7, 11) is 0. The van der Waals surface area contributed by atoms with Crippen molar-refractivity contribution in [2.24, 2.45) is 0 Å². The molecule has 1 aliphatic carbocycles. The molecule has 0 bridgehead atoms. The summed E-state index contributed by atoms with van der Waals surface area (Å²) in [4.78, 5) is 36.8. The number of halogens is 2.